The fourth-order valence-electron chi connectivity index (χ4n) is 2.56. The lowest BCUT2D eigenvalue weighted by Gasteiger charge is -2.35. The van der Waals surface area contributed by atoms with Crippen LogP contribution in [0.3, 0.4) is 0 Å². The second-order valence-electron chi connectivity index (χ2n) is 7.64. The van der Waals surface area contributed by atoms with E-state index in [4.69, 9.17) is 4.74 Å². The van der Waals surface area contributed by atoms with Crippen molar-refractivity contribution in [3.8, 4) is 0 Å². The van der Waals surface area contributed by atoms with Crippen LogP contribution >= 0.6 is 0 Å². The summed E-state index contributed by atoms with van der Waals surface area (Å²) in [5, 5.41) is 9.87. The molecule has 0 saturated heterocycles. The highest BCUT2D eigenvalue weighted by molar-refractivity contribution is 5.68. The molecule has 0 aliphatic carbocycles. The molecule has 1 aromatic carbocycles. The molecule has 0 saturated carbocycles. The smallest absolute Gasteiger partial charge is 0.410 e. The first kappa shape index (κ1) is 20.4. The Kier molecular flexibility index (Phi) is 7.21. The number of nitrogens with zero attached hydrogens (tertiary/aromatic N) is 1. The Morgan fingerprint density at radius 3 is 2.38 bits per heavy atom. The van der Waals surface area contributed by atoms with E-state index < -0.39 is 17.1 Å². The second kappa shape index (κ2) is 8.47. The standard InChI is InChI=1S/C19H30FNO3/c1-6-11-21(17(23)24-18(2,3)4)13-19(5,14-22)12-15-9-7-8-10-16(15)20/h7-10,22H,6,11-14H2,1-5H3. The van der Waals surface area contributed by atoms with Gasteiger partial charge in [0.05, 0.1) is 6.61 Å². The van der Waals surface area contributed by atoms with E-state index >= 15 is 0 Å². The van der Waals surface area contributed by atoms with Gasteiger partial charge in [-0.1, -0.05) is 32.0 Å². The quantitative estimate of drug-likeness (QED) is 0.816. The summed E-state index contributed by atoms with van der Waals surface area (Å²) in [7, 11) is 0. The lowest BCUT2D eigenvalue weighted by Crippen LogP contribution is -2.45. The van der Waals surface area contributed by atoms with Crippen LogP contribution < -0.4 is 0 Å². The van der Waals surface area contributed by atoms with Gasteiger partial charge < -0.3 is 14.7 Å². The van der Waals surface area contributed by atoms with Gasteiger partial charge in [0.1, 0.15) is 11.4 Å². The zero-order valence-corrected chi connectivity index (χ0v) is 15.4. The maximum atomic E-state index is 13.9. The Labute approximate surface area is 144 Å². The molecule has 0 aliphatic heterocycles. The normalized spacial score (nSPS) is 14.1. The Morgan fingerprint density at radius 2 is 1.88 bits per heavy atom. The Hall–Kier alpha value is -1.62. The predicted octanol–water partition coefficient (Wildman–Crippen LogP) is 4.01. The fourth-order valence-corrected chi connectivity index (χ4v) is 2.56. The van der Waals surface area contributed by atoms with E-state index in [1.54, 1.807) is 23.1 Å². The number of benzene rings is 1. The highest BCUT2D eigenvalue weighted by Crippen LogP contribution is 2.26. The highest BCUT2D eigenvalue weighted by Gasteiger charge is 2.31. The topological polar surface area (TPSA) is 49.8 Å². The van der Waals surface area contributed by atoms with Crippen LogP contribution in [-0.4, -0.2) is 41.4 Å². The fraction of sp³-hybridized carbons (Fsp3) is 0.632. The van der Waals surface area contributed by atoms with Gasteiger partial charge in [0.15, 0.2) is 0 Å². The molecule has 0 heterocycles. The van der Waals surface area contributed by atoms with Crippen LogP contribution in [0.2, 0.25) is 0 Å². The minimum Gasteiger partial charge on any atom is -0.444 e. The molecule has 136 valence electrons. The van der Waals surface area contributed by atoms with Gasteiger partial charge in [-0.05, 0) is 45.2 Å². The van der Waals surface area contributed by atoms with Crippen molar-refractivity contribution in [3.05, 3.63) is 35.6 Å². The lowest BCUT2D eigenvalue weighted by atomic mass is 9.83. The highest BCUT2D eigenvalue weighted by atomic mass is 19.1. The maximum absolute atomic E-state index is 13.9. The number of hydrogen-bond acceptors (Lipinski definition) is 3. The number of hydrogen-bond donors (Lipinski definition) is 1. The maximum Gasteiger partial charge on any atom is 0.410 e. The number of ether oxygens (including phenoxy) is 1. The number of aliphatic hydroxyl groups is 1. The number of carbonyl (C=O) groups excluding carboxylic acids is 1. The van der Waals surface area contributed by atoms with E-state index in [2.05, 4.69) is 0 Å². The van der Waals surface area contributed by atoms with Gasteiger partial charge in [0, 0.05) is 18.5 Å². The summed E-state index contributed by atoms with van der Waals surface area (Å²) in [5.41, 5.74) is -0.687. The van der Waals surface area contributed by atoms with E-state index in [9.17, 15) is 14.3 Å². The average Bonchev–Trinajstić information content (AvgIpc) is 2.47. The molecule has 4 nitrogen and oxygen atoms in total. The van der Waals surface area contributed by atoms with Gasteiger partial charge in [-0.15, -0.1) is 0 Å². The third kappa shape index (κ3) is 6.48. The molecule has 0 fully saturated rings. The summed E-state index contributed by atoms with van der Waals surface area (Å²) in [5.74, 6) is -0.295. The molecule has 1 N–H and O–H groups in total. The zero-order chi connectivity index (χ0) is 18.4. The minimum absolute atomic E-state index is 0.148. The minimum atomic E-state index is -0.645. The van der Waals surface area contributed by atoms with Crippen molar-refractivity contribution in [2.75, 3.05) is 19.7 Å². The van der Waals surface area contributed by atoms with Crippen LogP contribution in [0.1, 0.15) is 46.6 Å². The van der Waals surface area contributed by atoms with Crippen LogP contribution in [0.5, 0.6) is 0 Å². The van der Waals surface area contributed by atoms with Gasteiger partial charge in [0.25, 0.3) is 0 Å². The molecule has 0 aliphatic rings. The molecule has 1 rings (SSSR count). The number of halogens is 1. The van der Waals surface area contributed by atoms with Crippen molar-refractivity contribution in [1.29, 1.82) is 0 Å². The third-order valence-corrected chi connectivity index (χ3v) is 3.67. The molecular weight excluding hydrogens is 309 g/mol. The summed E-state index contributed by atoms with van der Waals surface area (Å²) < 4.78 is 19.4. The van der Waals surface area contributed by atoms with E-state index in [0.29, 0.717) is 25.1 Å². The molecule has 0 radical (unpaired) electrons. The third-order valence-electron chi connectivity index (χ3n) is 3.67. The first-order valence-electron chi connectivity index (χ1n) is 8.42. The van der Waals surface area contributed by atoms with Crippen molar-refractivity contribution in [1.82, 2.24) is 4.90 Å². The molecule has 5 heteroatoms. The molecule has 1 aromatic rings. The van der Waals surface area contributed by atoms with E-state index in [-0.39, 0.29) is 12.4 Å². The van der Waals surface area contributed by atoms with Crippen molar-refractivity contribution < 1.29 is 19.0 Å². The van der Waals surface area contributed by atoms with Crippen molar-refractivity contribution in [3.63, 3.8) is 0 Å². The number of carbonyl (C=O) groups is 1. The number of aliphatic hydroxyl groups excluding tert-OH is 1. The molecule has 0 spiro atoms. The van der Waals surface area contributed by atoms with Crippen molar-refractivity contribution in [2.45, 2.75) is 53.1 Å². The summed E-state index contributed by atoms with van der Waals surface area (Å²) >= 11 is 0. The average molecular weight is 339 g/mol. The number of amides is 1. The molecule has 0 bridgehead atoms. The van der Waals surface area contributed by atoms with Gasteiger partial charge in [-0.2, -0.15) is 0 Å². The van der Waals surface area contributed by atoms with Crippen LogP contribution in [0.4, 0.5) is 9.18 Å². The summed E-state index contributed by atoms with van der Waals surface area (Å²) in [6.45, 7) is 9.97. The van der Waals surface area contributed by atoms with Gasteiger partial charge >= 0.3 is 6.09 Å². The zero-order valence-electron chi connectivity index (χ0n) is 15.4. The summed E-state index contributed by atoms with van der Waals surface area (Å²) in [4.78, 5) is 14.0. The van der Waals surface area contributed by atoms with Crippen molar-refractivity contribution >= 4 is 6.09 Å². The first-order valence-corrected chi connectivity index (χ1v) is 8.42. The van der Waals surface area contributed by atoms with E-state index in [0.717, 1.165) is 6.42 Å². The molecule has 24 heavy (non-hydrogen) atoms. The monoisotopic (exact) mass is 339 g/mol. The Balaban J connectivity index is 2.91. The van der Waals surface area contributed by atoms with Crippen LogP contribution in [0, 0.1) is 11.2 Å². The van der Waals surface area contributed by atoms with Gasteiger partial charge in [-0.25, -0.2) is 9.18 Å². The summed E-state index contributed by atoms with van der Waals surface area (Å²) in [6, 6.07) is 6.53. The predicted molar refractivity (Wildman–Crippen MR) is 93.4 cm³/mol. The van der Waals surface area contributed by atoms with E-state index in [1.165, 1.54) is 6.07 Å². The number of rotatable bonds is 7. The van der Waals surface area contributed by atoms with Crippen molar-refractivity contribution in [2.24, 2.45) is 5.41 Å². The molecule has 1 amide bonds. The molecular formula is C19H30FNO3. The van der Waals surface area contributed by atoms with Crippen LogP contribution in [0.25, 0.3) is 0 Å². The Bertz CT molecular complexity index is 542. The largest absolute Gasteiger partial charge is 0.444 e. The van der Waals surface area contributed by atoms with E-state index in [1.807, 2.05) is 34.6 Å². The van der Waals surface area contributed by atoms with Gasteiger partial charge in [-0.3, -0.25) is 0 Å². The summed E-state index contributed by atoms with van der Waals surface area (Å²) in [6.07, 6.45) is 0.720. The molecule has 0 aromatic heterocycles. The van der Waals surface area contributed by atoms with Gasteiger partial charge in [0.2, 0.25) is 0 Å². The van der Waals surface area contributed by atoms with Crippen LogP contribution in [-0.2, 0) is 11.2 Å². The first-order chi connectivity index (χ1) is 11.1. The molecule has 1 atom stereocenters. The van der Waals surface area contributed by atoms with Crippen LogP contribution in [0.15, 0.2) is 24.3 Å². The molecule has 1 unspecified atom stereocenters. The Morgan fingerprint density at radius 1 is 1.25 bits per heavy atom. The SMILES string of the molecule is CCCN(CC(C)(CO)Cc1ccccc1F)C(=O)OC(C)(C)C. The second-order valence-corrected chi connectivity index (χ2v) is 7.64. The lowest BCUT2D eigenvalue weighted by molar-refractivity contribution is 0.0105.